The fourth-order valence-corrected chi connectivity index (χ4v) is 2.63. The molecule has 1 unspecified atom stereocenters. The van der Waals surface area contributed by atoms with Crippen molar-refractivity contribution in [3.8, 4) is 0 Å². The molecule has 2 saturated heterocycles. The van der Waals surface area contributed by atoms with E-state index in [9.17, 15) is 4.79 Å². The highest BCUT2D eigenvalue weighted by Crippen LogP contribution is 2.57. The average molecular weight is 259 g/mol. The number of ether oxygens (including phenoxy) is 3. The van der Waals surface area contributed by atoms with Gasteiger partial charge in [-0.3, -0.25) is 0 Å². The van der Waals surface area contributed by atoms with Crippen LogP contribution in [-0.4, -0.2) is 42.9 Å². The van der Waals surface area contributed by atoms with Crippen LogP contribution in [0.3, 0.4) is 0 Å². The van der Waals surface area contributed by atoms with Crippen molar-refractivity contribution >= 4 is 6.09 Å². The molecule has 0 bridgehead atoms. The molecule has 5 heteroatoms. The normalized spacial score (nSPS) is 30.5. The molecule has 0 aromatic heterocycles. The predicted molar refractivity (Wildman–Crippen MR) is 66.1 cm³/mol. The number of epoxide rings is 1. The van der Waals surface area contributed by atoms with E-state index in [2.05, 4.69) is 0 Å². The first kappa shape index (κ1) is 10.9. The van der Waals surface area contributed by atoms with E-state index in [-0.39, 0.29) is 6.09 Å². The summed E-state index contributed by atoms with van der Waals surface area (Å²) in [6, 6.07) is 0. The molecule has 0 saturated carbocycles. The Kier molecular flexibility index (Phi) is 2.14. The molecule has 4 rings (SSSR count). The molecule has 2 aliphatic carbocycles. The van der Waals surface area contributed by atoms with Gasteiger partial charge in [-0.1, -0.05) is 18.2 Å². The number of nitrogens with zero attached hydrogens (tertiary/aromatic N) is 1. The first-order chi connectivity index (χ1) is 9.30. The Morgan fingerprint density at radius 2 is 2.11 bits per heavy atom. The van der Waals surface area contributed by atoms with Crippen molar-refractivity contribution in [1.82, 2.24) is 4.90 Å². The van der Waals surface area contributed by atoms with E-state index in [0.717, 1.165) is 11.3 Å². The van der Waals surface area contributed by atoms with Gasteiger partial charge >= 0.3 is 6.09 Å². The zero-order valence-corrected chi connectivity index (χ0v) is 10.3. The number of morpholine rings is 1. The Labute approximate surface area is 110 Å². The number of hydrogen-bond donors (Lipinski definition) is 0. The van der Waals surface area contributed by atoms with Gasteiger partial charge in [-0.15, -0.1) is 0 Å². The second kappa shape index (κ2) is 3.74. The van der Waals surface area contributed by atoms with Crippen LogP contribution in [0.25, 0.3) is 0 Å². The van der Waals surface area contributed by atoms with E-state index in [0.29, 0.717) is 32.1 Å². The molecule has 0 radical (unpaired) electrons. The zero-order chi connectivity index (χ0) is 12.9. The molecule has 2 fully saturated rings. The summed E-state index contributed by atoms with van der Waals surface area (Å²) >= 11 is 0. The molecule has 0 N–H and O–H groups in total. The lowest BCUT2D eigenvalue weighted by Crippen LogP contribution is -2.41. The summed E-state index contributed by atoms with van der Waals surface area (Å²) in [4.78, 5) is 13.8. The maximum atomic E-state index is 12.1. The van der Waals surface area contributed by atoms with Crippen molar-refractivity contribution < 1.29 is 19.0 Å². The van der Waals surface area contributed by atoms with Gasteiger partial charge in [0, 0.05) is 18.7 Å². The average Bonchev–Trinajstić information content (AvgIpc) is 3.06. The van der Waals surface area contributed by atoms with Gasteiger partial charge in [-0.2, -0.15) is 0 Å². The smallest absolute Gasteiger partial charge is 0.415 e. The molecule has 5 nitrogen and oxygen atoms in total. The third-order valence-corrected chi connectivity index (χ3v) is 3.73. The minimum absolute atomic E-state index is 0.333. The summed E-state index contributed by atoms with van der Waals surface area (Å²) in [7, 11) is 0. The molecule has 2 heterocycles. The molecule has 98 valence electrons. The Balaban J connectivity index is 1.52. The molecule has 4 aliphatic rings. The van der Waals surface area contributed by atoms with Crippen LogP contribution in [0.15, 0.2) is 47.5 Å². The van der Waals surface area contributed by atoms with E-state index in [1.807, 2.05) is 24.3 Å². The summed E-state index contributed by atoms with van der Waals surface area (Å²) in [6.07, 6.45) is 9.22. The lowest BCUT2D eigenvalue weighted by atomic mass is 9.94. The summed E-state index contributed by atoms with van der Waals surface area (Å²) in [6.45, 7) is 2.26. The Morgan fingerprint density at radius 3 is 2.89 bits per heavy atom. The standard InChI is InChI=1S/C14H13NO4/c16-13(15-6-8-17-9-7-15)18-11-3-1-2-10-4-5-12-14(10,11)19-12/h1-5H,6-9H2. The summed E-state index contributed by atoms with van der Waals surface area (Å²) in [5, 5.41) is 0. The topological polar surface area (TPSA) is 51.3 Å². The van der Waals surface area contributed by atoms with E-state index >= 15 is 0 Å². The Hall–Kier alpha value is -2.01. The molecule has 1 atom stereocenters. The maximum absolute atomic E-state index is 12.1. The molecule has 1 amide bonds. The van der Waals surface area contributed by atoms with E-state index in [1.165, 1.54) is 0 Å². The highest BCUT2D eigenvalue weighted by Gasteiger charge is 2.63. The third kappa shape index (κ3) is 1.48. The number of hydrogen-bond acceptors (Lipinski definition) is 4. The Bertz CT molecular complexity index is 566. The van der Waals surface area contributed by atoms with Crippen LogP contribution < -0.4 is 0 Å². The fraction of sp³-hybridized carbons (Fsp3) is 0.357. The molecule has 1 spiro atoms. The fourth-order valence-electron chi connectivity index (χ4n) is 2.63. The van der Waals surface area contributed by atoms with Crippen molar-refractivity contribution in [2.75, 3.05) is 26.3 Å². The van der Waals surface area contributed by atoms with Crippen LogP contribution in [0.1, 0.15) is 0 Å². The van der Waals surface area contributed by atoms with Gasteiger partial charge in [0.15, 0.2) is 11.5 Å². The minimum Gasteiger partial charge on any atom is -0.466 e. The molecular formula is C14H13NO4. The second-order valence-electron chi connectivity index (χ2n) is 4.79. The zero-order valence-electron chi connectivity index (χ0n) is 10.3. The molecule has 19 heavy (non-hydrogen) atoms. The van der Waals surface area contributed by atoms with Gasteiger partial charge in [0.2, 0.25) is 5.60 Å². The van der Waals surface area contributed by atoms with E-state index in [1.54, 1.807) is 11.0 Å². The first-order valence-electron chi connectivity index (χ1n) is 6.36. The minimum atomic E-state index is -0.600. The van der Waals surface area contributed by atoms with Gasteiger partial charge in [0.05, 0.1) is 13.2 Å². The Morgan fingerprint density at radius 1 is 1.26 bits per heavy atom. The molecular weight excluding hydrogens is 246 g/mol. The van der Waals surface area contributed by atoms with Crippen LogP contribution in [0.4, 0.5) is 4.79 Å². The molecule has 2 aliphatic heterocycles. The lowest BCUT2D eigenvalue weighted by molar-refractivity contribution is 0.0324. The van der Waals surface area contributed by atoms with Crippen molar-refractivity contribution in [3.05, 3.63) is 47.5 Å². The van der Waals surface area contributed by atoms with Crippen molar-refractivity contribution in [1.29, 1.82) is 0 Å². The summed E-state index contributed by atoms with van der Waals surface area (Å²) in [5.41, 5.74) is 0.422. The number of carbonyl (C=O) groups excluding carboxylic acids is 1. The monoisotopic (exact) mass is 259 g/mol. The van der Waals surface area contributed by atoms with Crippen molar-refractivity contribution in [2.45, 2.75) is 5.60 Å². The first-order valence-corrected chi connectivity index (χ1v) is 6.36. The van der Waals surface area contributed by atoms with Gasteiger partial charge in [-0.05, 0) is 12.2 Å². The predicted octanol–water partition coefficient (Wildman–Crippen LogP) is 1.50. The van der Waals surface area contributed by atoms with Gasteiger partial charge in [-0.25, -0.2) is 4.79 Å². The van der Waals surface area contributed by atoms with E-state index in [4.69, 9.17) is 14.2 Å². The van der Waals surface area contributed by atoms with Crippen LogP contribution >= 0.6 is 0 Å². The van der Waals surface area contributed by atoms with Crippen molar-refractivity contribution in [3.63, 3.8) is 0 Å². The molecule has 0 aromatic rings. The maximum Gasteiger partial charge on any atom is 0.415 e. The second-order valence-corrected chi connectivity index (χ2v) is 4.79. The SMILES string of the molecule is O=C(OC1=CC=CC2=CC=C3OC213)N1CCOCC1. The lowest BCUT2D eigenvalue weighted by Gasteiger charge is -2.27. The van der Waals surface area contributed by atoms with Crippen LogP contribution in [0.2, 0.25) is 0 Å². The van der Waals surface area contributed by atoms with Crippen molar-refractivity contribution in [2.24, 2.45) is 0 Å². The highest BCUT2D eigenvalue weighted by molar-refractivity contribution is 5.72. The van der Waals surface area contributed by atoms with Gasteiger partial charge < -0.3 is 19.1 Å². The van der Waals surface area contributed by atoms with Crippen LogP contribution in [0.5, 0.6) is 0 Å². The van der Waals surface area contributed by atoms with Crippen LogP contribution in [0, 0.1) is 0 Å². The molecule has 0 aromatic carbocycles. The summed E-state index contributed by atoms with van der Waals surface area (Å²) < 4.78 is 16.3. The summed E-state index contributed by atoms with van der Waals surface area (Å²) in [5.74, 6) is 1.41. The van der Waals surface area contributed by atoms with Crippen LogP contribution in [-0.2, 0) is 14.2 Å². The third-order valence-electron chi connectivity index (χ3n) is 3.73. The number of amides is 1. The number of rotatable bonds is 1. The largest absolute Gasteiger partial charge is 0.466 e. The van der Waals surface area contributed by atoms with E-state index < -0.39 is 5.60 Å². The number of carbonyl (C=O) groups is 1. The quantitative estimate of drug-likeness (QED) is 0.670. The van der Waals surface area contributed by atoms with Gasteiger partial charge in [0.25, 0.3) is 0 Å². The number of allylic oxidation sites excluding steroid dienone is 4. The van der Waals surface area contributed by atoms with Gasteiger partial charge in [0.1, 0.15) is 0 Å². The highest BCUT2D eigenvalue weighted by atomic mass is 16.6.